The van der Waals surface area contributed by atoms with Crippen molar-refractivity contribution in [3.8, 4) is 11.5 Å². The first-order chi connectivity index (χ1) is 19.1. The van der Waals surface area contributed by atoms with E-state index in [4.69, 9.17) is 14.7 Å². The van der Waals surface area contributed by atoms with Gasteiger partial charge in [-0.1, -0.05) is 111 Å². The maximum absolute atomic E-state index is 6.46. The molecular formula is C36H22N2OPt. The normalized spacial score (nSPS) is 11.6. The van der Waals surface area contributed by atoms with E-state index < -0.39 is 0 Å². The summed E-state index contributed by atoms with van der Waals surface area (Å²) in [5.41, 5.74) is 5.07. The van der Waals surface area contributed by atoms with Crippen molar-refractivity contribution >= 4 is 65.0 Å². The summed E-state index contributed by atoms with van der Waals surface area (Å²) in [6.45, 7) is 4.21. The van der Waals surface area contributed by atoms with Crippen LogP contribution in [0.1, 0.15) is 11.1 Å². The molecule has 0 saturated carbocycles. The van der Waals surface area contributed by atoms with Gasteiger partial charge in [0.15, 0.2) is 0 Å². The Kier molecular flexibility index (Phi) is 5.80. The van der Waals surface area contributed by atoms with Gasteiger partial charge in [0.25, 0.3) is 0 Å². The molecule has 0 unspecified atom stereocenters. The fourth-order valence-corrected chi connectivity index (χ4v) is 5.78. The van der Waals surface area contributed by atoms with Crippen molar-refractivity contribution in [2.75, 3.05) is 0 Å². The van der Waals surface area contributed by atoms with E-state index >= 15 is 0 Å². The zero-order chi connectivity index (χ0) is 26.1. The van der Waals surface area contributed by atoms with Gasteiger partial charge in [0.05, 0.1) is 5.52 Å². The minimum atomic E-state index is 0. The van der Waals surface area contributed by atoms with Crippen molar-refractivity contribution in [3.05, 3.63) is 120 Å². The van der Waals surface area contributed by atoms with Gasteiger partial charge < -0.3 is 9.72 Å². The van der Waals surface area contributed by atoms with Gasteiger partial charge in [0, 0.05) is 17.7 Å². The Morgan fingerprint density at radius 1 is 0.575 bits per heavy atom. The zero-order valence-electron chi connectivity index (χ0n) is 21.9. The average molecular weight is 694 g/mol. The van der Waals surface area contributed by atoms with Gasteiger partial charge in [-0.3, -0.25) is 4.98 Å². The minimum Gasteiger partial charge on any atom is -0.497 e. The Bertz CT molecular complexity index is 2230. The molecule has 192 valence electrons. The quantitative estimate of drug-likeness (QED) is 0.103. The van der Waals surface area contributed by atoms with Crippen LogP contribution >= 0.6 is 0 Å². The van der Waals surface area contributed by atoms with Crippen molar-refractivity contribution in [1.29, 1.82) is 0 Å². The SMILES string of the molecule is Cc1cc(Oc2[c-]c3c(ccc4c5ccccc5cnc34)c(C)c2)[c-]c2c1ccc1cc3ccccc3nc12.[Pt+2]. The van der Waals surface area contributed by atoms with Gasteiger partial charge in [-0.25, -0.2) is 0 Å². The molecule has 8 rings (SSSR count). The van der Waals surface area contributed by atoms with Gasteiger partial charge in [-0.15, -0.1) is 32.7 Å². The minimum absolute atomic E-state index is 0. The molecule has 2 heterocycles. The number of para-hydroxylation sites is 1. The zero-order valence-corrected chi connectivity index (χ0v) is 24.1. The Morgan fingerprint density at radius 3 is 1.98 bits per heavy atom. The largest absolute Gasteiger partial charge is 2.00 e. The van der Waals surface area contributed by atoms with Gasteiger partial charge in [-0.2, -0.15) is 0 Å². The molecule has 0 fully saturated rings. The number of aryl methyl sites for hydroxylation is 2. The smallest absolute Gasteiger partial charge is 0.497 e. The molecule has 3 nitrogen and oxygen atoms in total. The van der Waals surface area contributed by atoms with E-state index in [-0.39, 0.29) is 21.1 Å². The summed E-state index contributed by atoms with van der Waals surface area (Å²) in [5.74, 6) is 1.30. The molecule has 0 aliphatic carbocycles. The molecule has 0 spiro atoms. The first kappa shape index (κ1) is 24.7. The van der Waals surface area contributed by atoms with Crippen LogP contribution in [0, 0.1) is 26.0 Å². The van der Waals surface area contributed by atoms with Crippen LogP contribution in [0.2, 0.25) is 0 Å². The molecule has 0 atom stereocenters. The van der Waals surface area contributed by atoms with Crippen molar-refractivity contribution in [2.24, 2.45) is 0 Å². The van der Waals surface area contributed by atoms with E-state index in [1.54, 1.807) is 0 Å². The third kappa shape index (κ3) is 3.85. The molecule has 6 aromatic carbocycles. The first-order valence-corrected chi connectivity index (χ1v) is 13.1. The van der Waals surface area contributed by atoms with Crippen LogP contribution < -0.4 is 4.74 Å². The second kappa shape index (κ2) is 9.40. The number of hydrogen-bond donors (Lipinski definition) is 0. The van der Waals surface area contributed by atoms with E-state index in [2.05, 4.69) is 86.6 Å². The Balaban J connectivity index is 0.00000264. The number of rotatable bonds is 2. The van der Waals surface area contributed by atoms with E-state index in [0.717, 1.165) is 70.8 Å². The van der Waals surface area contributed by atoms with Gasteiger partial charge in [0.1, 0.15) is 0 Å². The Hall–Kier alpha value is -4.33. The van der Waals surface area contributed by atoms with Crippen LogP contribution in [0.25, 0.3) is 65.0 Å². The summed E-state index contributed by atoms with van der Waals surface area (Å²) in [4.78, 5) is 9.84. The number of ether oxygens (including phenoxy) is 1. The van der Waals surface area contributed by atoms with Crippen LogP contribution in [0.5, 0.6) is 11.5 Å². The van der Waals surface area contributed by atoms with Crippen LogP contribution in [0.15, 0.2) is 97.2 Å². The van der Waals surface area contributed by atoms with Crippen LogP contribution in [0.3, 0.4) is 0 Å². The summed E-state index contributed by atoms with van der Waals surface area (Å²) >= 11 is 0. The average Bonchev–Trinajstić information content (AvgIpc) is 2.96. The molecule has 4 heteroatoms. The fraction of sp³-hybridized carbons (Fsp3) is 0.0556. The number of nitrogens with zero attached hydrogens (tertiary/aromatic N) is 2. The van der Waals surface area contributed by atoms with E-state index in [1.165, 1.54) is 5.39 Å². The topological polar surface area (TPSA) is 35.0 Å². The maximum Gasteiger partial charge on any atom is 2.00 e. The third-order valence-corrected chi connectivity index (χ3v) is 7.71. The number of benzene rings is 6. The Morgan fingerprint density at radius 2 is 1.20 bits per heavy atom. The van der Waals surface area contributed by atoms with E-state index in [9.17, 15) is 0 Å². The summed E-state index contributed by atoms with van der Waals surface area (Å²) in [5, 5.41) is 9.82. The second-order valence-corrected chi connectivity index (χ2v) is 10.2. The molecule has 8 aromatic rings. The van der Waals surface area contributed by atoms with Crippen molar-refractivity contribution in [2.45, 2.75) is 13.8 Å². The van der Waals surface area contributed by atoms with Crippen LogP contribution in [0.4, 0.5) is 0 Å². The molecule has 0 N–H and O–H groups in total. The molecule has 0 aliphatic rings. The van der Waals surface area contributed by atoms with Crippen molar-refractivity contribution in [3.63, 3.8) is 0 Å². The van der Waals surface area contributed by atoms with E-state index in [1.807, 2.05) is 36.5 Å². The summed E-state index contributed by atoms with van der Waals surface area (Å²) in [6.07, 6.45) is 1.94. The van der Waals surface area contributed by atoms with Crippen molar-refractivity contribution < 1.29 is 25.8 Å². The van der Waals surface area contributed by atoms with Gasteiger partial charge >= 0.3 is 21.1 Å². The monoisotopic (exact) mass is 693 g/mol. The summed E-state index contributed by atoms with van der Waals surface area (Å²) < 4.78 is 6.46. The summed E-state index contributed by atoms with van der Waals surface area (Å²) in [6, 6.07) is 38.5. The number of fused-ring (bicyclic) bond motifs is 9. The molecule has 2 aromatic heterocycles. The molecule has 0 radical (unpaired) electrons. The number of aromatic nitrogens is 2. The van der Waals surface area contributed by atoms with Crippen molar-refractivity contribution in [1.82, 2.24) is 9.97 Å². The summed E-state index contributed by atoms with van der Waals surface area (Å²) in [7, 11) is 0. The van der Waals surface area contributed by atoms with Gasteiger partial charge in [0.2, 0.25) is 0 Å². The predicted molar refractivity (Wildman–Crippen MR) is 161 cm³/mol. The van der Waals surface area contributed by atoms with Crippen LogP contribution in [-0.4, -0.2) is 9.97 Å². The third-order valence-electron chi connectivity index (χ3n) is 7.71. The molecular weight excluding hydrogens is 671 g/mol. The molecule has 40 heavy (non-hydrogen) atoms. The number of hydrogen-bond acceptors (Lipinski definition) is 3. The Labute approximate surface area is 245 Å². The van der Waals surface area contributed by atoms with E-state index in [0.29, 0.717) is 11.5 Å². The molecule has 0 bridgehead atoms. The molecule has 0 amide bonds. The first-order valence-electron chi connectivity index (χ1n) is 13.1. The molecule has 0 aliphatic heterocycles. The van der Waals surface area contributed by atoms with Crippen LogP contribution in [-0.2, 0) is 21.1 Å². The number of pyridine rings is 2. The molecule has 0 saturated heterocycles. The van der Waals surface area contributed by atoms with Gasteiger partial charge in [-0.05, 0) is 44.0 Å². The standard InChI is InChI=1S/C36H22N2O.Pt/c1-21-15-26(18-32-28(21)12-11-24-17-23-7-4-6-10-34(23)38-35(24)32)39-27-16-22(2)29-13-14-31-30-9-5-3-8-25(30)20-37-36(31)33(29)19-27;/h3-17,20H,1-2H3;/q-2;+2. The predicted octanol–water partition coefficient (Wildman–Crippen LogP) is 9.40. The fourth-order valence-electron chi connectivity index (χ4n) is 5.78. The maximum atomic E-state index is 6.46. The second-order valence-electron chi connectivity index (χ2n) is 10.2.